The molecule has 0 spiro atoms. The maximum Gasteiger partial charge on any atom is 0.226 e. The van der Waals surface area contributed by atoms with E-state index in [2.05, 4.69) is 39.1 Å². The number of nitrogens with one attached hydrogen (secondary N) is 1. The number of piperidine rings is 1. The Morgan fingerprint density at radius 2 is 1.92 bits per heavy atom. The molecule has 0 bridgehead atoms. The molecule has 2 fully saturated rings. The third-order valence-corrected chi connectivity index (χ3v) is 5.74. The van der Waals surface area contributed by atoms with E-state index in [1.165, 1.54) is 0 Å². The Kier molecular flexibility index (Phi) is 3.03. The summed E-state index contributed by atoms with van der Waals surface area (Å²) < 4.78 is 2.19. The Morgan fingerprint density at radius 3 is 2.67 bits per heavy atom. The van der Waals surface area contributed by atoms with Crippen LogP contribution < -0.4 is 5.32 Å². The first-order chi connectivity index (χ1) is 11.7. The standard InChI is InChI=1S/C18H21N5O/c1-11-9-22(18(24)16-13-7-19-8-14(13)16)10-15-20-21-17(23(11)15)12-5-3-2-4-6-12/h2-6,11,13-14,16,19H,7-10H2,1H3/t11-,13-,14+,16?/m0/s1. The second-order valence-electron chi connectivity index (χ2n) is 7.26. The monoisotopic (exact) mass is 323 g/mol. The molecule has 24 heavy (non-hydrogen) atoms. The van der Waals surface area contributed by atoms with Crippen LogP contribution in [0.15, 0.2) is 30.3 Å². The molecular weight excluding hydrogens is 302 g/mol. The molecule has 1 aromatic heterocycles. The SMILES string of the molecule is C[C@H]1CN(C(=O)C2[C@H]3CNC[C@@H]23)Cc2nnc(-c3ccccc3)n21. The van der Waals surface area contributed by atoms with Crippen molar-refractivity contribution >= 4 is 5.91 Å². The van der Waals surface area contributed by atoms with Gasteiger partial charge in [-0.05, 0) is 31.8 Å². The molecule has 0 radical (unpaired) electrons. The molecule has 1 unspecified atom stereocenters. The quantitative estimate of drug-likeness (QED) is 0.905. The number of benzene rings is 1. The van der Waals surface area contributed by atoms with Crippen LogP contribution in [0.2, 0.25) is 0 Å². The van der Waals surface area contributed by atoms with Gasteiger partial charge in [0.05, 0.1) is 12.6 Å². The lowest BCUT2D eigenvalue weighted by molar-refractivity contribution is -0.135. The summed E-state index contributed by atoms with van der Waals surface area (Å²) in [7, 11) is 0. The average molecular weight is 323 g/mol. The summed E-state index contributed by atoms with van der Waals surface area (Å²) in [6, 6.07) is 10.3. The van der Waals surface area contributed by atoms with Gasteiger partial charge in [-0.3, -0.25) is 4.79 Å². The predicted octanol–water partition coefficient (Wildman–Crippen LogP) is 1.31. The fourth-order valence-corrected chi connectivity index (χ4v) is 4.48. The van der Waals surface area contributed by atoms with Crippen molar-refractivity contribution in [2.75, 3.05) is 19.6 Å². The van der Waals surface area contributed by atoms with Crippen molar-refractivity contribution < 1.29 is 4.79 Å². The van der Waals surface area contributed by atoms with E-state index in [0.717, 1.165) is 36.8 Å². The number of carbonyl (C=O) groups is 1. The van der Waals surface area contributed by atoms with Crippen molar-refractivity contribution in [1.29, 1.82) is 0 Å². The highest BCUT2D eigenvalue weighted by atomic mass is 16.2. The minimum Gasteiger partial charge on any atom is -0.333 e. The third-order valence-electron chi connectivity index (χ3n) is 5.74. The van der Waals surface area contributed by atoms with Gasteiger partial charge in [0.25, 0.3) is 0 Å². The van der Waals surface area contributed by atoms with Gasteiger partial charge in [0.15, 0.2) is 11.6 Å². The van der Waals surface area contributed by atoms with E-state index in [1.807, 2.05) is 23.1 Å². The molecule has 6 nitrogen and oxygen atoms in total. The second kappa shape index (κ2) is 5.14. The largest absolute Gasteiger partial charge is 0.333 e. The van der Waals surface area contributed by atoms with Crippen molar-refractivity contribution in [2.45, 2.75) is 19.5 Å². The molecule has 1 saturated carbocycles. The number of aromatic nitrogens is 3. The topological polar surface area (TPSA) is 63.1 Å². The van der Waals surface area contributed by atoms with E-state index in [1.54, 1.807) is 0 Å². The van der Waals surface area contributed by atoms with Gasteiger partial charge in [-0.25, -0.2) is 0 Å². The zero-order valence-corrected chi connectivity index (χ0v) is 13.7. The maximum absolute atomic E-state index is 12.8. The fourth-order valence-electron chi connectivity index (χ4n) is 4.48. The van der Waals surface area contributed by atoms with E-state index < -0.39 is 0 Å². The fraction of sp³-hybridized carbons (Fsp3) is 0.500. The van der Waals surface area contributed by atoms with Gasteiger partial charge in [-0.1, -0.05) is 30.3 Å². The zero-order chi connectivity index (χ0) is 16.3. The van der Waals surface area contributed by atoms with Crippen molar-refractivity contribution in [3.05, 3.63) is 36.2 Å². The van der Waals surface area contributed by atoms with Crippen molar-refractivity contribution in [3.63, 3.8) is 0 Å². The first kappa shape index (κ1) is 14.2. The smallest absolute Gasteiger partial charge is 0.226 e. The molecule has 1 aromatic carbocycles. The van der Waals surface area contributed by atoms with Gasteiger partial charge in [-0.15, -0.1) is 10.2 Å². The Hall–Kier alpha value is -2.21. The van der Waals surface area contributed by atoms with Crippen LogP contribution >= 0.6 is 0 Å². The predicted molar refractivity (Wildman–Crippen MR) is 88.9 cm³/mol. The molecule has 2 aliphatic heterocycles. The minimum absolute atomic E-state index is 0.194. The van der Waals surface area contributed by atoms with Crippen molar-refractivity contribution in [1.82, 2.24) is 25.0 Å². The highest BCUT2D eigenvalue weighted by molar-refractivity contribution is 5.83. The Balaban J connectivity index is 1.41. The number of rotatable bonds is 2. The molecule has 2 aromatic rings. The number of fused-ring (bicyclic) bond motifs is 2. The summed E-state index contributed by atoms with van der Waals surface area (Å²) in [6.07, 6.45) is 0. The van der Waals surface area contributed by atoms with Gasteiger partial charge in [0.2, 0.25) is 5.91 Å². The van der Waals surface area contributed by atoms with E-state index in [9.17, 15) is 4.79 Å². The summed E-state index contributed by atoms with van der Waals surface area (Å²) in [5, 5.41) is 12.1. The molecule has 1 aliphatic carbocycles. The normalized spacial score (nSPS) is 30.8. The summed E-state index contributed by atoms with van der Waals surface area (Å²) in [5.41, 5.74) is 1.07. The summed E-state index contributed by atoms with van der Waals surface area (Å²) in [6.45, 7) is 5.46. The molecule has 4 atom stereocenters. The van der Waals surface area contributed by atoms with Crippen LogP contribution in [-0.4, -0.2) is 45.2 Å². The molecule has 6 heteroatoms. The van der Waals surface area contributed by atoms with E-state index in [4.69, 9.17) is 0 Å². The highest BCUT2D eigenvalue weighted by Crippen LogP contribution is 2.50. The lowest BCUT2D eigenvalue weighted by Gasteiger charge is -2.33. The number of hydrogen-bond acceptors (Lipinski definition) is 4. The lowest BCUT2D eigenvalue weighted by atomic mass is 10.1. The number of hydrogen-bond donors (Lipinski definition) is 1. The summed E-state index contributed by atoms with van der Waals surface area (Å²) >= 11 is 0. The van der Waals surface area contributed by atoms with E-state index >= 15 is 0 Å². The summed E-state index contributed by atoms with van der Waals surface area (Å²) in [4.78, 5) is 14.8. The Morgan fingerprint density at radius 1 is 1.17 bits per heavy atom. The van der Waals surface area contributed by atoms with Crippen LogP contribution in [0.3, 0.4) is 0 Å². The number of carbonyl (C=O) groups excluding carboxylic acids is 1. The van der Waals surface area contributed by atoms with Gasteiger partial charge in [-0.2, -0.15) is 0 Å². The minimum atomic E-state index is 0.194. The Labute approximate surface area is 140 Å². The zero-order valence-electron chi connectivity index (χ0n) is 13.7. The maximum atomic E-state index is 12.8. The first-order valence-corrected chi connectivity index (χ1v) is 8.72. The molecule has 124 valence electrons. The van der Waals surface area contributed by atoms with Gasteiger partial charge >= 0.3 is 0 Å². The van der Waals surface area contributed by atoms with Crippen molar-refractivity contribution in [2.24, 2.45) is 17.8 Å². The van der Waals surface area contributed by atoms with Crippen LogP contribution in [-0.2, 0) is 11.3 Å². The molecule has 5 rings (SSSR count). The number of amides is 1. The van der Waals surface area contributed by atoms with Crippen LogP contribution in [0.5, 0.6) is 0 Å². The van der Waals surface area contributed by atoms with E-state index in [0.29, 0.717) is 24.3 Å². The van der Waals surface area contributed by atoms with Crippen molar-refractivity contribution in [3.8, 4) is 11.4 Å². The highest BCUT2D eigenvalue weighted by Gasteiger charge is 2.58. The van der Waals surface area contributed by atoms with Gasteiger partial charge in [0.1, 0.15) is 0 Å². The molecule has 1 amide bonds. The lowest BCUT2D eigenvalue weighted by Crippen LogP contribution is -2.42. The number of nitrogens with zero attached hydrogens (tertiary/aromatic N) is 4. The average Bonchev–Trinajstić information content (AvgIpc) is 2.97. The van der Waals surface area contributed by atoms with Gasteiger partial charge < -0.3 is 14.8 Å². The molecule has 1 saturated heterocycles. The molecular formula is C18H21N5O. The van der Waals surface area contributed by atoms with Crippen LogP contribution in [0, 0.1) is 17.8 Å². The second-order valence-corrected chi connectivity index (χ2v) is 7.26. The van der Waals surface area contributed by atoms with Crippen LogP contribution in [0.25, 0.3) is 11.4 Å². The summed E-state index contributed by atoms with van der Waals surface area (Å²) in [5.74, 6) is 3.47. The van der Waals surface area contributed by atoms with Crippen LogP contribution in [0.1, 0.15) is 18.8 Å². The van der Waals surface area contributed by atoms with Crippen LogP contribution in [0.4, 0.5) is 0 Å². The van der Waals surface area contributed by atoms with Gasteiger partial charge in [0, 0.05) is 18.0 Å². The van der Waals surface area contributed by atoms with E-state index in [-0.39, 0.29) is 12.0 Å². The molecule has 1 N–H and O–H groups in total. The molecule has 3 aliphatic rings. The Bertz CT molecular complexity index is 776. The molecule has 3 heterocycles. The third kappa shape index (κ3) is 2.02. The first-order valence-electron chi connectivity index (χ1n) is 8.72.